The molecule has 1 rings (SSSR count). The maximum atomic E-state index is 11.7. The van der Waals surface area contributed by atoms with Crippen LogP contribution in [0.5, 0.6) is 0 Å². The van der Waals surface area contributed by atoms with E-state index in [1.54, 1.807) is 37.2 Å². The lowest BCUT2D eigenvalue weighted by molar-refractivity contribution is 0.0526. The summed E-state index contributed by atoms with van der Waals surface area (Å²) in [5.74, 6) is 0.153. The van der Waals surface area contributed by atoms with E-state index < -0.39 is 0 Å². The van der Waals surface area contributed by atoms with Crippen LogP contribution in [0.2, 0.25) is 0 Å². The highest BCUT2D eigenvalue weighted by atomic mass is 16.5. The molecular formula is C12H15N3O2. The molecule has 0 bridgehead atoms. The number of nitriles is 1. The zero-order valence-electron chi connectivity index (χ0n) is 10.0. The van der Waals surface area contributed by atoms with Gasteiger partial charge in [-0.05, 0) is 19.1 Å². The number of nitrogens with zero attached hydrogens (tertiary/aromatic N) is 3. The smallest absolute Gasteiger partial charge is 0.341 e. The lowest BCUT2D eigenvalue weighted by Crippen LogP contribution is -2.22. The highest BCUT2D eigenvalue weighted by Crippen LogP contribution is 2.16. The Kier molecular flexibility index (Phi) is 4.95. The van der Waals surface area contributed by atoms with Crippen molar-refractivity contribution in [2.45, 2.75) is 13.3 Å². The van der Waals surface area contributed by atoms with Crippen LogP contribution >= 0.6 is 0 Å². The molecule has 0 aliphatic rings. The third kappa shape index (κ3) is 3.45. The molecule has 1 aromatic rings. The van der Waals surface area contributed by atoms with Gasteiger partial charge in [0.2, 0.25) is 0 Å². The van der Waals surface area contributed by atoms with Crippen LogP contribution in [0.3, 0.4) is 0 Å². The highest BCUT2D eigenvalue weighted by Gasteiger charge is 2.15. The molecule has 0 amide bonds. The molecule has 5 heteroatoms. The van der Waals surface area contributed by atoms with Crippen molar-refractivity contribution in [1.82, 2.24) is 4.98 Å². The van der Waals surface area contributed by atoms with E-state index in [1.165, 1.54) is 0 Å². The van der Waals surface area contributed by atoms with E-state index in [9.17, 15) is 4.79 Å². The van der Waals surface area contributed by atoms with Crippen molar-refractivity contribution in [2.75, 3.05) is 25.1 Å². The molecule has 0 aromatic carbocycles. The number of rotatable bonds is 5. The second-order valence-corrected chi connectivity index (χ2v) is 3.42. The summed E-state index contributed by atoms with van der Waals surface area (Å²) in [6.07, 6.45) is 2.00. The van der Waals surface area contributed by atoms with E-state index in [1.807, 2.05) is 0 Å². The number of anilines is 1. The molecule has 0 unspecified atom stereocenters. The molecular weight excluding hydrogens is 218 g/mol. The van der Waals surface area contributed by atoms with Crippen LogP contribution in [0.4, 0.5) is 5.82 Å². The van der Waals surface area contributed by atoms with Gasteiger partial charge in [-0.25, -0.2) is 9.78 Å². The number of hydrogen-bond acceptors (Lipinski definition) is 5. The molecule has 17 heavy (non-hydrogen) atoms. The number of carbonyl (C=O) groups is 1. The summed E-state index contributed by atoms with van der Waals surface area (Å²) >= 11 is 0. The van der Waals surface area contributed by atoms with Crippen LogP contribution in [-0.4, -0.2) is 31.2 Å². The molecule has 90 valence electrons. The Hall–Kier alpha value is -2.09. The Labute approximate surface area is 101 Å². The van der Waals surface area contributed by atoms with Gasteiger partial charge in [-0.1, -0.05) is 0 Å². The van der Waals surface area contributed by atoms with Crippen molar-refractivity contribution < 1.29 is 9.53 Å². The first-order chi connectivity index (χ1) is 8.20. The van der Waals surface area contributed by atoms with Crippen molar-refractivity contribution >= 4 is 11.8 Å². The Bertz CT molecular complexity index is 426. The number of esters is 1. The number of carbonyl (C=O) groups excluding carboxylic acids is 1. The Morgan fingerprint density at radius 3 is 3.06 bits per heavy atom. The largest absolute Gasteiger partial charge is 0.462 e. The average Bonchev–Trinajstić information content (AvgIpc) is 2.36. The molecule has 0 spiro atoms. The topological polar surface area (TPSA) is 66.2 Å². The number of aromatic nitrogens is 1. The molecule has 0 saturated carbocycles. The number of hydrogen-bond donors (Lipinski definition) is 0. The molecule has 0 atom stereocenters. The van der Waals surface area contributed by atoms with Crippen LogP contribution in [0.25, 0.3) is 0 Å². The van der Waals surface area contributed by atoms with Crippen molar-refractivity contribution in [2.24, 2.45) is 0 Å². The van der Waals surface area contributed by atoms with Gasteiger partial charge in [-0.15, -0.1) is 0 Å². The maximum absolute atomic E-state index is 11.7. The minimum absolute atomic E-state index is 0.328. The van der Waals surface area contributed by atoms with Gasteiger partial charge in [-0.3, -0.25) is 0 Å². The first-order valence-electron chi connectivity index (χ1n) is 5.41. The van der Waals surface area contributed by atoms with Crippen LogP contribution in [0.1, 0.15) is 23.7 Å². The van der Waals surface area contributed by atoms with Gasteiger partial charge < -0.3 is 9.64 Å². The Morgan fingerprint density at radius 2 is 2.41 bits per heavy atom. The van der Waals surface area contributed by atoms with Crippen molar-refractivity contribution in [3.05, 3.63) is 23.9 Å². The molecule has 0 N–H and O–H groups in total. The summed E-state index contributed by atoms with van der Waals surface area (Å²) in [6.45, 7) is 2.61. The minimum atomic E-state index is -0.389. The summed E-state index contributed by atoms with van der Waals surface area (Å²) in [4.78, 5) is 17.6. The van der Waals surface area contributed by atoms with Gasteiger partial charge in [-0.2, -0.15) is 5.26 Å². The fourth-order valence-corrected chi connectivity index (χ4v) is 1.39. The van der Waals surface area contributed by atoms with E-state index in [4.69, 9.17) is 10.00 Å². The monoisotopic (exact) mass is 233 g/mol. The third-order valence-corrected chi connectivity index (χ3v) is 2.20. The standard InChI is InChI=1S/C12H15N3O2/c1-3-17-12(16)10-6-4-8-14-11(10)15(2)9-5-7-13/h4,6,8H,3,5,9H2,1-2H3. The van der Waals surface area contributed by atoms with Gasteiger partial charge in [0.1, 0.15) is 11.4 Å². The van der Waals surface area contributed by atoms with E-state index in [0.717, 1.165) is 0 Å². The summed E-state index contributed by atoms with van der Waals surface area (Å²) in [5, 5.41) is 8.54. The third-order valence-electron chi connectivity index (χ3n) is 2.20. The van der Waals surface area contributed by atoms with E-state index in [0.29, 0.717) is 31.0 Å². The van der Waals surface area contributed by atoms with Crippen LogP contribution in [-0.2, 0) is 4.74 Å². The van der Waals surface area contributed by atoms with E-state index in [2.05, 4.69) is 11.1 Å². The number of ether oxygens (including phenoxy) is 1. The fourth-order valence-electron chi connectivity index (χ4n) is 1.39. The molecule has 0 fully saturated rings. The van der Waals surface area contributed by atoms with Gasteiger partial charge in [0.25, 0.3) is 0 Å². The first-order valence-corrected chi connectivity index (χ1v) is 5.41. The van der Waals surface area contributed by atoms with E-state index in [-0.39, 0.29) is 5.97 Å². The van der Waals surface area contributed by atoms with Gasteiger partial charge >= 0.3 is 5.97 Å². The van der Waals surface area contributed by atoms with Crippen molar-refractivity contribution in [3.8, 4) is 6.07 Å². The predicted octanol–water partition coefficient (Wildman–Crippen LogP) is 1.61. The maximum Gasteiger partial charge on any atom is 0.341 e. The van der Waals surface area contributed by atoms with Crippen LogP contribution in [0, 0.1) is 11.3 Å². The van der Waals surface area contributed by atoms with Gasteiger partial charge in [0.15, 0.2) is 0 Å². The van der Waals surface area contributed by atoms with Gasteiger partial charge in [0, 0.05) is 19.8 Å². The van der Waals surface area contributed by atoms with E-state index >= 15 is 0 Å². The summed E-state index contributed by atoms with van der Waals surface area (Å²) in [5.41, 5.74) is 0.426. The molecule has 0 saturated heterocycles. The zero-order valence-corrected chi connectivity index (χ0v) is 10.0. The summed E-state index contributed by atoms with van der Waals surface area (Å²) in [7, 11) is 1.79. The molecule has 1 aromatic heterocycles. The Balaban J connectivity index is 2.91. The van der Waals surface area contributed by atoms with Crippen LogP contribution in [0.15, 0.2) is 18.3 Å². The second kappa shape index (κ2) is 6.48. The Morgan fingerprint density at radius 1 is 1.65 bits per heavy atom. The summed E-state index contributed by atoms with van der Waals surface area (Å²) < 4.78 is 4.95. The molecule has 0 radical (unpaired) electrons. The predicted molar refractivity (Wildman–Crippen MR) is 63.7 cm³/mol. The average molecular weight is 233 g/mol. The fraction of sp³-hybridized carbons (Fsp3) is 0.417. The minimum Gasteiger partial charge on any atom is -0.462 e. The zero-order chi connectivity index (χ0) is 12.7. The lowest BCUT2D eigenvalue weighted by Gasteiger charge is -2.18. The normalized spacial score (nSPS) is 9.47. The molecule has 0 aliphatic carbocycles. The summed E-state index contributed by atoms with van der Waals surface area (Å²) in [6, 6.07) is 5.41. The SMILES string of the molecule is CCOC(=O)c1cccnc1N(C)CCC#N. The molecule has 0 aliphatic heterocycles. The second-order valence-electron chi connectivity index (χ2n) is 3.42. The first kappa shape index (κ1) is 13.0. The lowest BCUT2D eigenvalue weighted by atomic mass is 10.2. The van der Waals surface area contributed by atoms with Crippen LogP contribution < -0.4 is 4.90 Å². The quantitative estimate of drug-likeness (QED) is 0.723. The van der Waals surface area contributed by atoms with Crippen molar-refractivity contribution in [3.63, 3.8) is 0 Å². The van der Waals surface area contributed by atoms with Crippen molar-refractivity contribution in [1.29, 1.82) is 5.26 Å². The number of pyridine rings is 1. The molecule has 1 heterocycles. The highest BCUT2D eigenvalue weighted by molar-refractivity contribution is 5.94. The van der Waals surface area contributed by atoms with Gasteiger partial charge in [0.05, 0.1) is 19.1 Å². The molecule has 5 nitrogen and oxygen atoms in total.